The number of amides is 1. The lowest BCUT2D eigenvalue weighted by Gasteiger charge is -2.37. The average molecular weight is 304 g/mol. The van der Waals surface area contributed by atoms with E-state index >= 15 is 0 Å². The van der Waals surface area contributed by atoms with E-state index in [1.54, 1.807) is 0 Å². The van der Waals surface area contributed by atoms with Crippen molar-refractivity contribution >= 4 is 6.09 Å². The van der Waals surface area contributed by atoms with Crippen molar-refractivity contribution in [1.29, 1.82) is 0 Å². The van der Waals surface area contributed by atoms with Gasteiger partial charge in [0.2, 0.25) is 0 Å². The molecule has 0 aromatic heterocycles. The quantitative estimate of drug-likeness (QED) is 0.875. The minimum atomic E-state index is -0.171. The molecule has 0 radical (unpaired) electrons. The number of ether oxygens (including phenoxy) is 1. The van der Waals surface area contributed by atoms with E-state index in [9.17, 15) is 4.79 Å². The number of hydrogen-bond donors (Lipinski definition) is 1. The number of benzene rings is 1. The lowest BCUT2D eigenvalue weighted by molar-refractivity contribution is 0.0770. The van der Waals surface area contributed by atoms with Gasteiger partial charge < -0.3 is 15.0 Å². The molecule has 122 valence electrons. The number of likely N-dealkylation sites (tertiary alicyclic amines) is 1. The van der Waals surface area contributed by atoms with Crippen LogP contribution in [0.5, 0.6) is 0 Å². The first kappa shape index (κ1) is 16.8. The zero-order chi connectivity index (χ0) is 15.8. The van der Waals surface area contributed by atoms with Crippen molar-refractivity contribution in [2.75, 3.05) is 19.7 Å². The van der Waals surface area contributed by atoms with Gasteiger partial charge in [-0.3, -0.25) is 0 Å². The normalized spacial score (nSPS) is 21.6. The highest BCUT2D eigenvalue weighted by atomic mass is 16.6. The van der Waals surface area contributed by atoms with Gasteiger partial charge in [-0.25, -0.2) is 4.79 Å². The summed E-state index contributed by atoms with van der Waals surface area (Å²) in [5, 5.41) is 3.60. The van der Waals surface area contributed by atoms with E-state index in [1.165, 1.54) is 12.0 Å². The molecule has 1 aliphatic heterocycles. The van der Waals surface area contributed by atoms with Crippen LogP contribution in [0, 0.1) is 5.92 Å². The van der Waals surface area contributed by atoms with Crippen molar-refractivity contribution in [2.45, 2.75) is 45.7 Å². The fraction of sp³-hybridized carbons (Fsp3) is 0.611. The molecule has 1 saturated heterocycles. The molecule has 0 aliphatic carbocycles. The molecule has 1 amide bonds. The van der Waals surface area contributed by atoms with Gasteiger partial charge in [-0.2, -0.15) is 0 Å². The molecular weight excluding hydrogens is 276 g/mol. The molecule has 2 atom stereocenters. The summed E-state index contributed by atoms with van der Waals surface area (Å²) in [6, 6.07) is 10.7. The molecule has 22 heavy (non-hydrogen) atoms. The van der Waals surface area contributed by atoms with Crippen molar-refractivity contribution in [3.05, 3.63) is 35.9 Å². The van der Waals surface area contributed by atoms with Crippen molar-refractivity contribution < 1.29 is 9.53 Å². The SMILES string of the molecule is CCCC1CC(NCc2ccccc2)CN(C(=O)OCC)C1. The predicted octanol–water partition coefficient (Wildman–Crippen LogP) is 3.42. The minimum absolute atomic E-state index is 0.171. The maximum absolute atomic E-state index is 12.0. The van der Waals surface area contributed by atoms with E-state index in [0.717, 1.165) is 32.5 Å². The molecule has 0 saturated carbocycles. The Labute approximate surface area is 133 Å². The molecule has 4 nitrogen and oxygen atoms in total. The van der Waals surface area contributed by atoms with Crippen LogP contribution in [-0.4, -0.2) is 36.7 Å². The van der Waals surface area contributed by atoms with Gasteiger partial charge in [-0.15, -0.1) is 0 Å². The highest BCUT2D eigenvalue weighted by molar-refractivity contribution is 5.67. The topological polar surface area (TPSA) is 41.6 Å². The molecule has 1 fully saturated rings. The van der Waals surface area contributed by atoms with Crippen LogP contribution in [-0.2, 0) is 11.3 Å². The maximum Gasteiger partial charge on any atom is 0.409 e. The van der Waals surface area contributed by atoms with E-state index in [2.05, 4.69) is 36.5 Å². The molecule has 1 heterocycles. The highest BCUT2D eigenvalue weighted by Crippen LogP contribution is 2.22. The van der Waals surface area contributed by atoms with Gasteiger partial charge in [0.05, 0.1) is 6.61 Å². The second-order valence-corrected chi connectivity index (χ2v) is 6.06. The zero-order valence-corrected chi connectivity index (χ0v) is 13.8. The number of piperidine rings is 1. The van der Waals surface area contributed by atoms with Gasteiger partial charge in [0.15, 0.2) is 0 Å². The van der Waals surface area contributed by atoms with Crippen molar-refractivity contribution in [3.63, 3.8) is 0 Å². The first-order valence-electron chi connectivity index (χ1n) is 8.41. The van der Waals surface area contributed by atoms with Gasteiger partial charge >= 0.3 is 6.09 Å². The fourth-order valence-corrected chi connectivity index (χ4v) is 3.19. The smallest absolute Gasteiger partial charge is 0.409 e. The number of nitrogens with zero attached hydrogens (tertiary/aromatic N) is 1. The third-order valence-corrected chi connectivity index (χ3v) is 4.20. The summed E-state index contributed by atoms with van der Waals surface area (Å²) in [5.41, 5.74) is 1.28. The fourth-order valence-electron chi connectivity index (χ4n) is 3.19. The molecule has 2 unspecified atom stereocenters. The second kappa shape index (κ2) is 8.79. The summed E-state index contributed by atoms with van der Waals surface area (Å²) in [4.78, 5) is 13.9. The third-order valence-electron chi connectivity index (χ3n) is 4.20. The van der Waals surface area contributed by atoms with E-state index in [0.29, 0.717) is 18.6 Å². The summed E-state index contributed by atoms with van der Waals surface area (Å²) < 4.78 is 5.18. The Bertz CT molecular complexity index is 450. The van der Waals surface area contributed by atoms with Crippen molar-refractivity contribution in [3.8, 4) is 0 Å². The Morgan fingerprint density at radius 1 is 1.27 bits per heavy atom. The van der Waals surface area contributed by atoms with Gasteiger partial charge in [-0.05, 0) is 31.2 Å². The van der Waals surface area contributed by atoms with Crippen LogP contribution >= 0.6 is 0 Å². The van der Waals surface area contributed by atoms with Crippen molar-refractivity contribution in [1.82, 2.24) is 10.2 Å². The molecule has 1 aliphatic rings. The molecule has 0 spiro atoms. The van der Waals surface area contributed by atoms with E-state index in [-0.39, 0.29) is 6.09 Å². The van der Waals surface area contributed by atoms with Crippen LogP contribution in [0.4, 0.5) is 4.79 Å². The number of carbonyl (C=O) groups excluding carboxylic acids is 1. The number of nitrogens with one attached hydrogen (secondary N) is 1. The highest BCUT2D eigenvalue weighted by Gasteiger charge is 2.29. The molecule has 4 heteroatoms. The van der Waals surface area contributed by atoms with Gasteiger partial charge in [0, 0.05) is 25.7 Å². The number of rotatable bonds is 6. The number of carbonyl (C=O) groups is 1. The van der Waals surface area contributed by atoms with E-state index in [1.807, 2.05) is 17.9 Å². The largest absolute Gasteiger partial charge is 0.450 e. The first-order chi connectivity index (χ1) is 10.7. The summed E-state index contributed by atoms with van der Waals surface area (Å²) in [6.45, 7) is 6.92. The standard InChI is InChI=1S/C18H28N2O2/c1-3-8-16-11-17(14-20(13-16)18(21)22-4-2)19-12-15-9-6-5-7-10-15/h5-7,9-10,16-17,19H,3-4,8,11-14H2,1-2H3. The molecule has 0 bridgehead atoms. The summed E-state index contributed by atoms with van der Waals surface area (Å²) in [6.07, 6.45) is 3.29. The molecule has 1 aromatic carbocycles. The van der Waals surface area contributed by atoms with Crippen LogP contribution in [0.25, 0.3) is 0 Å². The Morgan fingerprint density at radius 3 is 2.73 bits per heavy atom. The maximum atomic E-state index is 12.0. The average Bonchev–Trinajstić information content (AvgIpc) is 2.54. The minimum Gasteiger partial charge on any atom is -0.450 e. The van der Waals surface area contributed by atoms with E-state index in [4.69, 9.17) is 4.74 Å². The Balaban J connectivity index is 1.92. The number of hydrogen-bond acceptors (Lipinski definition) is 3. The predicted molar refractivity (Wildman–Crippen MR) is 88.7 cm³/mol. The van der Waals surface area contributed by atoms with Crippen LogP contribution in [0.3, 0.4) is 0 Å². The third kappa shape index (κ3) is 5.02. The summed E-state index contributed by atoms with van der Waals surface area (Å²) in [7, 11) is 0. The Hall–Kier alpha value is -1.55. The van der Waals surface area contributed by atoms with Crippen molar-refractivity contribution in [2.24, 2.45) is 5.92 Å². The van der Waals surface area contributed by atoms with Crippen LogP contribution in [0.1, 0.15) is 38.7 Å². The van der Waals surface area contributed by atoms with Crippen LogP contribution in [0.15, 0.2) is 30.3 Å². The molecule has 1 aromatic rings. The Morgan fingerprint density at radius 2 is 2.05 bits per heavy atom. The zero-order valence-electron chi connectivity index (χ0n) is 13.8. The first-order valence-corrected chi connectivity index (χ1v) is 8.41. The monoisotopic (exact) mass is 304 g/mol. The van der Waals surface area contributed by atoms with Crippen LogP contribution in [0.2, 0.25) is 0 Å². The summed E-state index contributed by atoms with van der Waals surface area (Å²) in [5.74, 6) is 0.566. The van der Waals surface area contributed by atoms with E-state index < -0.39 is 0 Å². The lowest BCUT2D eigenvalue weighted by Crippen LogP contribution is -2.51. The lowest BCUT2D eigenvalue weighted by atomic mass is 9.90. The van der Waals surface area contributed by atoms with Crippen LogP contribution < -0.4 is 5.32 Å². The molecular formula is C18H28N2O2. The summed E-state index contributed by atoms with van der Waals surface area (Å²) >= 11 is 0. The second-order valence-electron chi connectivity index (χ2n) is 6.06. The molecule has 2 rings (SSSR count). The van der Waals surface area contributed by atoms with Gasteiger partial charge in [0.25, 0.3) is 0 Å². The Kier molecular flexibility index (Phi) is 6.72. The van der Waals surface area contributed by atoms with Gasteiger partial charge in [-0.1, -0.05) is 43.7 Å². The van der Waals surface area contributed by atoms with Gasteiger partial charge in [0.1, 0.15) is 0 Å². The molecule has 1 N–H and O–H groups in total.